The molecule has 0 saturated heterocycles. The van der Waals surface area contributed by atoms with E-state index in [1.165, 1.54) is 0 Å². The number of nitrogen functional groups attached to an aromatic ring is 1. The van der Waals surface area contributed by atoms with Crippen LogP contribution in [0.5, 0.6) is 0 Å². The first kappa shape index (κ1) is 13.6. The lowest BCUT2D eigenvalue weighted by Gasteiger charge is -2.11. The van der Waals surface area contributed by atoms with Crippen molar-refractivity contribution in [2.75, 3.05) is 5.73 Å². The van der Waals surface area contributed by atoms with Gasteiger partial charge in [0, 0.05) is 11.9 Å². The molecular weight excluding hydrogens is 260 g/mol. The molecule has 2 aromatic heterocycles. The molecule has 2 heterocycles. The quantitative estimate of drug-likeness (QED) is 0.792. The third kappa shape index (κ3) is 2.27. The van der Waals surface area contributed by atoms with Crippen molar-refractivity contribution in [3.8, 4) is 0 Å². The minimum absolute atomic E-state index is 0.497. The highest BCUT2D eigenvalue weighted by atomic mass is 15.1. The van der Waals surface area contributed by atoms with E-state index in [1.807, 2.05) is 37.3 Å². The van der Waals surface area contributed by atoms with Gasteiger partial charge in [0.1, 0.15) is 11.3 Å². The first-order valence-corrected chi connectivity index (χ1v) is 7.29. The Morgan fingerprint density at radius 1 is 1.24 bits per heavy atom. The lowest BCUT2D eigenvalue weighted by Crippen LogP contribution is -2.06. The third-order valence-electron chi connectivity index (χ3n) is 3.50. The summed E-state index contributed by atoms with van der Waals surface area (Å²) in [5, 5.41) is 1.10. The number of fused-ring (bicyclic) bond motifs is 3. The number of aromatic nitrogens is 3. The highest BCUT2D eigenvalue weighted by molar-refractivity contribution is 6.06. The summed E-state index contributed by atoms with van der Waals surface area (Å²) in [5.74, 6) is 1.96. The second-order valence-electron chi connectivity index (χ2n) is 5.69. The van der Waals surface area contributed by atoms with Gasteiger partial charge in [-0.15, -0.1) is 0 Å². The van der Waals surface area contributed by atoms with Crippen LogP contribution in [0.2, 0.25) is 0 Å². The Bertz CT molecular complexity index is 828. The molecule has 3 rings (SSSR count). The minimum atomic E-state index is 0.497. The normalized spacial score (nSPS) is 12.2. The van der Waals surface area contributed by atoms with Gasteiger partial charge in [0.25, 0.3) is 0 Å². The summed E-state index contributed by atoms with van der Waals surface area (Å²) in [7, 11) is 0. The topological polar surface area (TPSA) is 56.7 Å². The molecule has 21 heavy (non-hydrogen) atoms. The van der Waals surface area contributed by atoms with Crippen LogP contribution in [0.15, 0.2) is 30.3 Å². The van der Waals surface area contributed by atoms with Crippen molar-refractivity contribution in [2.24, 2.45) is 5.92 Å². The number of anilines is 1. The molecule has 108 valence electrons. The molecule has 4 nitrogen and oxygen atoms in total. The number of hydrogen-bond acceptors (Lipinski definition) is 3. The molecule has 0 unspecified atom stereocenters. The Balaban J connectivity index is 2.45. The van der Waals surface area contributed by atoms with E-state index >= 15 is 0 Å². The monoisotopic (exact) mass is 280 g/mol. The van der Waals surface area contributed by atoms with E-state index in [9.17, 15) is 0 Å². The Labute approximate surface area is 124 Å². The van der Waals surface area contributed by atoms with Crippen molar-refractivity contribution >= 4 is 33.8 Å². The van der Waals surface area contributed by atoms with Gasteiger partial charge in [-0.1, -0.05) is 38.1 Å². The SMILES string of the molecule is C/C=C/c1nc2c(N)nc3ccccc3c2n1CC(C)C. The average Bonchev–Trinajstić information content (AvgIpc) is 2.79. The van der Waals surface area contributed by atoms with Crippen molar-refractivity contribution in [1.29, 1.82) is 0 Å². The van der Waals surface area contributed by atoms with Crippen molar-refractivity contribution < 1.29 is 0 Å². The lowest BCUT2D eigenvalue weighted by atomic mass is 10.1. The largest absolute Gasteiger partial charge is 0.382 e. The van der Waals surface area contributed by atoms with Gasteiger partial charge >= 0.3 is 0 Å². The molecule has 0 aliphatic heterocycles. The number of allylic oxidation sites excluding steroid dienone is 1. The van der Waals surface area contributed by atoms with E-state index in [0.29, 0.717) is 11.7 Å². The Morgan fingerprint density at radius 3 is 2.71 bits per heavy atom. The highest BCUT2D eigenvalue weighted by Gasteiger charge is 2.16. The zero-order valence-corrected chi connectivity index (χ0v) is 12.7. The predicted octanol–water partition coefficient (Wildman–Crippen LogP) is 3.86. The molecule has 0 amide bonds. The van der Waals surface area contributed by atoms with Gasteiger partial charge in [-0.05, 0) is 25.0 Å². The maximum absolute atomic E-state index is 6.12. The second-order valence-corrected chi connectivity index (χ2v) is 5.69. The number of benzene rings is 1. The third-order valence-corrected chi connectivity index (χ3v) is 3.50. The number of hydrogen-bond donors (Lipinski definition) is 1. The standard InChI is InChI=1S/C17H20N4/c1-4-7-14-20-15-16(21(14)10-11(2)3)12-8-5-6-9-13(12)19-17(15)18/h4-9,11H,10H2,1-3H3,(H2,18,19)/b7-4+. The van der Waals surface area contributed by atoms with Crippen LogP contribution < -0.4 is 5.73 Å². The summed E-state index contributed by atoms with van der Waals surface area (Å²) in [5.41, 5.74) is 8.91. The molecule has 4 heteroatoms. The molecule has 0 atom stereocenters. The molecule has 0 aliphatic carbocycles. The molecule has 1 aromatic carbocycles. The molecule has 3 aromatic rings. The van der Waals surface area contributed by atoms with Crippen molar-refractivity contribution in [3.63, 3.8) is 0 Å². The van der Waals surface area contributed by atoms with Crippen LogP contribution in [0.3, 0.4) is 0 Å². The first-order chi connectivity index (χ1) is 10.1. The van der Waals surface area contributed by atoms with Gasteiger partial charge in [0.05, 0.1) is 11.0 Å². The molecule has 2 N–H and O–H groups in total. The smallest absolute Gasteiger partial charge is 0.152 e. The van der Waals surface area contributed by atoms with Crippen LogP contribution in [-0.2, 0) is 6.54 Å². The Kier molecular flexibility index (Phi) is 3.37. The fourth-order valence-corrected chi connectivity index (χ4v) is 2.70. The van der Waals surface area contributed by atoms with Crippen molar-refractivity contribution in [1.82, 2.24) is 14.5 Å². The fourth-order valence-electron chi connectivity index (χ4n) is 2.70. The summed E-state index contributed by atoms with van der Waals surface area (Å²) >= 11 is 0. The maximum atomic E-state index is 6.12. The lowest BCUT2D eigenvalue weighted by molar-refractivity contribution is 0.531. The van der Waals surface area contributed by atoms with E-state index < -0.39 is 0 Å². The zero-order chi connectivity index (χ0) is 15.0. The Hall–Kier alpha value is -2.36. The van der Waals surface area contributed by atoms with Crippen LogP contribution in [0.4, 0.5) is 5.82 Å². The predicted molar refractivity (Wildman–Crippen MR) is 89.0 cm³/mol. The highest BCUT2D eigenvalue weighted by Crippen LogP contribution is 2.29. The molecule has 0 radical (unpaired) electrons. The van der Waals surface area contributed by atoms with Gasteiger partial charge in [0.15, 0.2) is 5.82 Å². The van der Waals surface area contributed by atoms with Gasteiger partial charge in [-0.25, -0.2) is 9.97 Å². The van der Waals surface area contributed by atoms with Gasteiger partial charge in [-0.2, -0.15) is 0 Å². The molecule has 0 spiro atoms. The van der Waals surface area contributed by atoms with Crippen LogP contribution in [0.1, 0.15) is 26.6 Å². The summed E-state index contributed by atoms with van der Waals surface area (Å²) < 4.78 is 2.25. The van der Waals surface area contributed by atoms with Crippen LogP contribution in [0.25, 0.3) is 28.0 Å². The van der Waals surface area contributed by atoms with Crippen LogP contribution in [-0.4, -0.2) is 14.5 Å². The summed E-state index contributed by atoms with van der Waals surface area (Å²) in [6.45, 7) is 7.32. The van der Waals surface area contributed by atoms with E-state index in [2.05, 4.69) is 29.5 Å². The Morgan fingerprint density at radius 2 is 2.00 bits per heavy atom. The maximum Gasteiger partial charge on any atom is 0.152 e. The first-order valence-electron chi connectivity index (χ1n) is 7.29. The summed E-state index contributed by atoms with van der Waals surface area (Å²) in [6, 6.07) is 8.09. The second kappa shape index (κ2) is 5.20. The molecular formula is C17H20N4. The zero-order valence-electron chi connectivity index (χ0n) is 12.7. The number of para-hydroxylation sites is 1. The number of pyridine rings is 1. The average molecular weight is 280 g/mol. The fraction of sp³-hybridized carbons (Fsp3) is 0.294. The number of rotatable bonds is 3. The van der Waals surface area contributed by atoms with Gasteiger partial charge in [-0.3, -0.25) is 0 Å². The minimum Gasteiger partial charge on any atom is -0.382 e. The van der Waals surface area contributed by atoms with E-state index in [4.69, 9.17) is 10.7 Å². The van der Waals surface area contributed by atoms with Crippen molar-refractivity contribution in [3.05, 3.63) is 36.2 Å². The molecule has 0 fully saturated rings. The number of nitrogens with two attached hydrogens (primary N) is 1. The molecule has 0 bridgehead atoms. The van der Waals surface area contributed by atoms with Crippen LogP contribution in [0, 0.1) is 5.92 Å². The van der Waals surface area contributed by atoms with Gasteiger partial charge in [0.2, 0.25) is 0 Å². The van der Waals surface area contributed by atoms with Crippen molar-refractivity contribution in [2.45, 2.75) is 27.3 Å². The van der Waals surface area contributed by atoms with E-state index in [1.54, 1.807) is 0 Å². The van der Waals surface area contributed by atoms with E-state index in [-0.39, 0.29) is 0 Å². The molecule has 0 aliphatic rings. The summed E-state index contributed by atoms with van der Waals surface area (Å²) in [4.78, 5) is 9.17. The number of nitrogens with zero attached hydrogens (tertiary/aromatic N) is 3. The number of imidazole rings is 1. The van der Waals surface area contributed by atoms with E-state index in [0.717, 1.165) is 34.3 Å². The summed E-state index contributed by atoms with van der Waals surface area (Å²) in [6.07, 6.45) is 4.03. The van der Waals surface area contributed by atoms with Gasteiger partial charge < -0.3 is 10.3 Å². The molecule has 0 saturated carbocycles. The van der Waals surface area contributed by atoms with Crippen LogP contribution >= 0.6 is 0 Å².